The van der Waals surface area contributed by atoms with Crippen molar-refractivity contribution < 1.29 is 4.74 Å². The first-order valence-corrected chi connectivity index (χ1v) is 13.5. The number of benzene rings is 1. The highest BCUT2D eigenvalue weighted by Gasteiger charge is 2.40. The summed E-state index contributed by atoms with van der Waals surface area (Å²) in [5.41, 5.74) is 11.6. The van der Waals surface area contributed by atoms with Gasteiger partial charge in [0.1, 0.15) is 0 Å². The van der Waals surface area contributed by atoms with E-state index in [1.54, 1.807) is 12.7 Å². The third-order valence-corrected chi connectivity index (χ3v) is 8.65. The van der Waals surface area contributed by atoms with E-state index >= 15 is 0 Å². The number of ether oxygens (including phenoxy) is 1. The Kier molecular flexibility index (Phi) is 7.48. The molecule has 2 aliphatic carbocycles. The molecule has 2 saturated carbocycles. The molecule has 4 rings (SSSR count). The summed E-state index contributed by atoms with van der Waals surface area (Å²) in [4.78, 5) is 5.40. The lowest BCUT2D eigenvalue weighted by Crippen LogP contribution is -2.50. The number of methoxy groups -OCH3 is 1. The van der Waals surface area contributed by atoms with Gasteiger partial charge in [0.25, 0.3) is 0 Å². The van der Waals surface area contributed by atoms with Crippen LogP contribution < -0.4 is 10.6 Å². The molecule has 1 aliphatic heterocycles. The van der Waals surface area contributed by atoms with Gasteiger partial charge >= 0.3 is 0 Å². The summed E-state index contributed by atoms with van der Waals surface area (Å²) in [5.74, 6) is 1.56. The third-order valence-electron chi connectivity index (χ3n) is 8.65. The Balaban J connectivity index is 1.59. The van der Waals surface area contributed by atoms with Crippen LogP contribution in [-0.4, -0.2) is 50.8 Å². The van der Waals surface area contributed by atoms with Gasteiger partial charge in [-0.2, -0.15) is 0 Å². The minimum absolute atomic E-state index is 0.0353. The summed E-state index contributed by atoms with van der Waals surface area (Å²) in [5, 5.41) is 0. The van der Waals surface area contributed by atoms with Crippen molar-refractivity contribution in [2.24, 2.45) is 22.5 Å². The van der Waals surface area contributed by atoms with Gasteiger partial charge in [-0.05, 0) is 85.3 Å². The molecule has 0 aromatic heterocycles. The van der Waals surface area contributed by atoms with Gasteiger partial charge in [0, 0.05) is 57.7 Å². The van der Waals surface area contributed by atoms with Crippen molar-refractivity contribution in [1.82, 2.24) is 4.90 Å². The summed E-state index contributed by atoms with van der Waals surface area (Å²) < 4.78 is 5.31. The summed E-state index contributed by atoms with van der Waals surface area (Å²) in [6, 6.07) is 7.95. The van der Waals surface area contributed by atoms with E-state index < -0.39 is 0 Å². The molecule has 4 heteroatoms. The highest BCUT2D eigenvalue weighted by molar-refractivity contribution is 5.58. The molecule has 1 aromatic carbocycles. The highest BCUT2D eigenvalue weighted by Crippen LogP contribution is 2.53. The normalized spacial score (nSPS) is 25.7. The number of nitrogens with two attached hydrogens (primary N) is 1. The summed E-state index contributed by atoms with van der Waals surface area (Å²) in [7, 11) is 1.76. The van der Waals surface area contributed by atoms with E-state index in [-0.39, 0.29) is 6.04 Å². The van der Waals surface area contributed by atoms with Gasteiger partial charge < -0.3 is 15.4 Å². The molecule has 1 aromatic rings. The van der Waals surface area contributed by atoms with E-state index in [1.807, 2.05) is 0 Å². The highest BCUT2D eigenvalue weighted by atomic mass is 16.5. The SMILES string of the molecule is COCCC(N)c1ccc(C2CC(C)(C)CC(C)(C)C2)c(N2CCN(C(C)C3CC3)CC2)c1. The Morgan fingerprint density at radius 3 is 2.24 bits per heavy atom. The Hall–Kier alpha value is -1.10. The topological polar surface area (TPSA) is 41.7 Å². The van der Waals surface area contributed by atoms with Crippen molar-refractivity contribution in [2.75, 3.05) is 44.8 Å². The minimum Gasteiger partial charge on any atom is -0.385 e. The minimum atomic E-state index is 0.0353. The number of nitrogens with zero attached hydrogens (tertiary/aromatic N) is 2. The summed E-state index contributed by atoms with van der Waals surface area (Å²) in [6.07, 6.45) is 7.59. The van der Waals surface area contributed by atoms with Crippen LogP contribution in [0, 0.1) is 16.7 Å². The molecule has 2 atom stereocenters. The van der Waals surface area contributed by atoms with Crippen molar-refractivity contribution in [2.45, 2.75) is 91.1 Å². The number of hydrogen-bond donors (Lipinski definition) is 1. The van der Waals surface area contributed by atoms with Crippen LogP contribution in [0.3, 0.4) is 0 Å². The number of piperazine rings is 1. The van der Waals surface area contributed by atoms with Crippen LogP contribution in [0.4, 0.5) is 5.69 Å². The smallest absolute Gasteiger partial charge is 0.0480 e. The fourth-order valence-corrected chi connectivity index (χ4v) is 7.13. The molecule has 2 N–H and O–H groups in total. The summed E-state index contributed by atoms with van der Waals surface area (Å²) >= 11 is 0. The maximum Gasteiger partial charge on any atom is 0.0480 e. The Morgan fingerprint density at radius 1 is 1.03 bits per heavy atom. The second-order valence-corrected chi connectivity index (χ2v) is 12.9. The fourth-order valence-electron chi connectivity index (χ4n) is 7.13. The van der Waals surface area contributed by atoms with Gasteiger partial charge in [-0.15, -0.1) is 0 Å². The standard InChI is InChI=1S/C29H49N3O/c1-21(22-7-8-22)31-12-14-32(15-13-31)27-17-23(26(30)11-16-33-6)9-10-25(27)24-18-28(2,3)20-29(4,5)19-24/h9-10,17,21-22,24,26H,7-8,11-16,18-20,30H2,1-6H3. The van der Waals surface area contributed by atoms with E-state index in [9.17, 15) is 0 Å². The van der Waals surface area contributed by atoms with Crippen molar-refractivity contribution in [3.63, 3.8) is 0 Å². The molecule has 1 heterocycles. The van der Waals surface area contributed by atoms with Gasteiger partial charge in [-0.3, -0.25) is 4.90 Å². The van der Waals surface area contributed by atoms with Crippen molar-refractivity contribution >= 4 is 5.69 Å². The first kappa shape index (κ1) is 25.0. The molecule has 4 nitrogen and oxygen atoms in total. The van der Waals surface area contributed by atoms with Gasteiger partial charge in [0.05, 0.1) is 0 Å². The molecular weight excluding hydrogens is 406 g/mol. The third kappa shape index (κ3) is 6.13. The Labute approximate surface area is 203 Å². The lowest BCUT2D eigenvalue weighted by atomic mass is 9.60. The zero-order valence-electron chi connectivity index (χ0n) is 22.2. The maximum absolute atomic E-state index is 6.59. The monoisotopic (exact) mass is 455 g/mol. The van der Waals surface area contributed by atoms with E-state index in [1.165, 1.54) is 56.4 Å². The molecule has 0 bridgehead atoms. The van der Waals surface area contributed by atoms with Crippen LogP contribution in [0.2, 0.25) is 0 Å². The molecule has 0 spiro atoms. The lowest BCUT2D eigenvalue weighted by Gasteiger charge is -2.47. The molecule has 2 unspecified atom stereocenters. The van der Waals surface area contributed by atoms with Crippen LogP contribution in [0.15, 0.2) is 18.2 Å². The quantitative estimate of drug-likeness (QED) is 0.525. The van der Waals surface area contributed by atoms with Crippen LogP contribution in [0.25, 0.3) is 0 Å². The molecule has 3 fully saturated rings. The zero-order chi connectivity index (χ0) is 23.8. The van der Waals surface area contributed by atoms with Gasteiger partial charge in [0.15, 0.2) is 0 Å². The van der Waals surface area contributed by atoms with Gasteiger partial charge in [-0.1, -0.05) is 39.8 Å². The van der Waals surface area contributed by atoms with E-state index in [0.717, 1.165) is 31.5 Å². The Morgan fingerprint density at radius 2 is 1.67 bits per heavy atom. The van der Waals surface area contributed by atoms with Crippen molar-refractivity contribution in [3.8, 4) is 0 Å². The lowest BCUT2D eigenvalue weighted by molar-refractivity contribution is 0.0969. The summed E-state index contributed by atoms with van der Waals surface area (Å²) in [6.45, 7) is 17.6. The number of anilines is 1. The second-order valence-electron chi connectivity index (χ2n) is 12.9. The zero-order valence-corrected chi connectivity index (χ0v) is 22.2. The van der Waals surface area contributed by atoms with Crippen molar-refractivity contribution in [1.29, 1.82) is 0 Å². The van der Waals surface area contributed by atoms with E-state index in [0.29, 0.717) is 23.4 Å². The largest absolute Gasteiger partial charge is 0.385 e. The molecule has 186 valence electrons. The van der Waals surface area contributed by atoms with Crippen molar-refractivity contribution in [3.05, 3.63) is 29.3 Å². The predicted molar refractivity (Wildman–Crippen MR) is 140 cm³/mol. The maximum atomic E-state index is 6.59. The molecule has 0 radical (unpaired) electrons. The average molecular weight is 456 g/mol. The predicted octanol–water partition coefficient (Wildman–Crippen LogP) is 5.96. The van der Waals surface area contributed by atoms with Crippen LogP contribution >= 0.6 is 0 Å². The molecule has 0 amide bonds. The van der Waals surface area contributed by atoms with E-state index in [2.05, 4.69) is 62.6 Å². The second kappa shape index (κ2) is 9.87. The fraction of sp³-hybridized carbons (Fsp3) is 0.793. The van der Waals surface area contributed by atoms with Crippen LogP contribution in [-0.2, 0) is 4.74 Å². The van der Waals surface area contributed by atoms with Gasteiger partial charge in [-0.25, -0.2) is 0 Å². The Bertz CT molecular complexity index is 776. The first-order valence-electron chi connectivity index (χ1n) is 13.5. The van der Waals surface area contributed by atoms with Gasteiger partial charge in [0.2, 0.25) is 0 Å². The molecule has 1 saturated heterocycles. The number of hydrogen-bond acceptors (Lipinski definition) is 4. The van der Waals surface area contributed by atoms with Crippen LogP contribution in [0.1, 0.15) is 96.2 Å². The first-order chi connectivity index (χ1) is 15.6. The van der Waals surface area contributed by atoms with E-state index in [4.69, 9.17) is 10.5 Å². The van der Waals surface area contributed by atoms with Crippen LogP contribution in [0.5, 0.6) is 0 Å². The average Bonchev–Trinajstić information content (AvgIpc) is 3.60. The molecule has 3 aliphatic rings. The number of rotatable bonds is 8. The molecule has 33 heavy (non-hydrogen) atoms. The molecular formula is C29H49N3O.